The maximum Gasteiger partial charge on any atom is 0.317 e. The Morgan fingerprint density at radius 3 is 2.85 bits per heavy atom. The maximum atomic E-state index is 11.1. The normalized spacial score (nSPS) is 16.0. The summed E-state index contributed by atoms with van der Waals surface area (Å²) in [5, 5.41) is 2.72. The van der Waals surface area contributed by atoms with E-state index in [-0.39, 0.29) is 6.03 Å². The molecule has 1 aromatic rings. The minimum Gasteiger partial charge on any atom is -0.336 e. The third-order valence-corrected chi connectivity index (χ3v) is 1.90. The summed E-state index contributed by atoms with van der Waals surface area (Å²) in [6, 6.07) is 1.72. The van der Waals surface area contributed by atoms with Gasteiger partial charge in [0.1, 0.15) is 5.82 Å². The van der Waals surface area contributed by atoms with Crippen LogP contribution in [-0.2, 0) is 6.54 Å². The lowest BCUT2D eigenvalue weighted by Crippen LogP contribution is -2.28. The van der Waals surface area contributed by atoms with E-state index < -0.39 is 0 Å². The van der Waals surface area contributed by atoms with Gasteiger partial charge in [-0.3, -0.25) is 0 Å². The summed E-state index contributed by atoms with van der Waals surface area (Å²) in [5.74, 6) is 0.680. The Balaban J connectivity index is 2.02. The van der Waals surface area contributed by atoms with E-state index in [9.17, 15) is 4.79 Å². The van der Waals surface area contributed by atoms with Crippen molar-refractivity contribution in [1.29, 1.82) is 0 Å². The summed E-state index contributed by atoms with van der Waals surface area (Å²) in [5.41, 5.74) is 0. The largest absolute Gasteiger partial charge is 0.336 e. The van der Waals surface area contributed by atoms with Gasteiger partial charge in [0.05, 0.1) is 6.54 Å². The molecule has 0 aliphatic carbocycles. The van der Waals surface area contributed by atoms with Crippen LogP contribution in [0.5, 0.6) is 0 Å². The molecule has 2 amide bonds. The molecule has 5 nitrogen and oxygen atoms in total. The fourth-order valence-electron chi connectivity index (χ4n) is 1.24. The van der Waals surface area contributed by atoms with Crippen LogP contribution in [0, 0.1) is 0 Å². The molecule has 1 fully saturated rings. The SMILES string of the molecule is O=C1NCCN1Cc1ncccn1. The highest BCUT2D eigenvalue weighted by atomic mass is 16.2. The van der Waals surface area contributed by atoms with Gasteiger partial charge in [-0.15, -0.1) is 0 Å². The molecule has 0 spiro atoms. The quantitative estimate of drug-likeness (QED) is 0.693. The number of rotatable bonds is 2. The van der Waals surface area contributed by atoms with Crippen molar-refractivity contribution >= 4 is 6.03 Å². The van der Waals surface area contributed by atoms with Gasteiger partial charge in [-0.1, -0.05) is 0 Å². The number of carbonyl (C=O) groups excluding carboxylic acids is 1. The Kier molecular flexibility index (Phi) is 2.08. The fraction of sp³-hybridized carbons (Fsp3) is 0.375. The lowest BCUT2D eigenvalue weighted by Gasteiger charge is -2.11. The first-order valence-corrected chi connectivity index (χ1v) is 4.15. The first-order chi connectivity index (χ1) is 6.36. The van der Waals surface area contributed by atoms with Gasteiger partial charge < -0.3 is 10.2 Å². The fourth-order valence-corrected chi connectivity index (χ4v) is 1.24. The molecule has 1 aromatic heterocycles. The number of carbonyl (C=O) groups is 1. The predicted octanol–water partition coefficient (Wildman–Crippen LogP) is 0.00180. The highest BCUT2D eigenvalue weighted by molar-refractivity contribution is 5.75. The highest BCUT2D eigenvalue weighted by Gasteiger charge is 2.19. The standard InChI is InChI=1S/C8H10N4O/c13-8-11-4-5-12(8)6-7-9-2-1-3-10-7/h1-3H,4-6H2,(H,11,13). The topological polar surface area (TPSA) is 58.1 Å². The smallest absolute Gasteiger partial charge is 0.317 e. The van der Waals surface area contributed by atoms with E-state index in [1.54, 1.807) is 23.4 Å². The average molecular weight is 178 g/mol. The molecule has 2 rings (SSSR count). The molecular weight excluding hydrogens is 168 g/mol. The van der Waals surface area contributed by atoms with E-state index >= 15 is 0 Å². The summed E-state index contributed by atoms with van der Waals surface area (Å²) >= 11 is 0. The van der Waals surface area contributed by atoms with E-state index in [2.05, 4.69) is 15.3 Å². The number of nitrogens with zero attached hydrogens (tertiary/aromatic N) is 3. The van der Waals surface area contributed by atoms with Crippen molar-refractivity contribution in [2.45, 2.75) is 6.54 Å². The van der Waals surface area contributed by atoms with Crippen LogP contribution in [0.3, 0.4) is 0 Å². The Bertz CT molecular complexity index is 300. The van der Waals surface area contributed by atoms with Crippen molar-refractivity contribution in [2.24, 2.45) is 0 Å². The predicted molar refractivity (Wildman–Crippen MR) is 45.8 cm³/mol. The number of nitrogens with one attached hydrogen (secondary N) is 1. The number of urea groups is 1. The number of amides is 2. The van der Waals surface area contributed by atoms with Crippen molar-refractivity contribution in [3.8, 4) is 0 Å². The third-order valence-electron chi connectivity index (χ3n) is 1.90. The van der Waals surface area contributed by atoms with Crippen LogP contribution >= 0.6 is 0 Å². The highest BCUT2D eigenvalue weighted by Crippen LogP contribution is 2.01. The first kappa shape index (κ1) is 7.97. The molecule has 0 saturated carbocycles. The lowest BCUT2D eigenvalue weighted by molar-refractivity contribution is 0.214. The van der Waals surface area contributed by atoms with Gasteiger partial charge in [-0.25, -0.2) is 14.8 Å². The van der Waals surface area contributed by atoms with Crippen molar-refractivity contribution in [3.05, 3.63) is 24.3 Å². The molecule has 1 saturated heterocycles. The molecule has 2 heterocycles. The number of hydrogen-bond acceptors (Lipinski definition) is 3. The van der Waals surface area contributed by atoms with Crippen LogP contribution < -0.4 is 5.32 Å². The molecule has 68 valence electrons. The summed E-state index contributed by atoms with van der Waals surface area (Å²) in [7, 11) is 0. The first-order valence-electron chi connectivity index (χ1n) is 4.15. The van der Waals surface area contributed by atoms with Gasteiger partial charge in [0.15, 0.2) is 0 Å². The molecule has 1 N–H and O–H groups in total. The molecule has 13 heavy (non-hydrogen) atoms. The van der Waals surface area contributed by atoms with Crippen molar-refractivity contribution in [1.82, 2.24) is 20.2 Å². The van der Waals surface area contributed by atoms with Gasteiger partial charge in [0.2, 0.25) is 0 Å². The molecule has 1 aliphatic heterocycles. The number of hydrogen-bond donors (Lipinski definition) is 1. The molecule has 0 unspecified atom stereocenters. The van der Waals surface area contributed by atoms with E-state index in [1.807, 2.05) is 0 Å². The van der Waals surface area contributed by atoms with Gasteiger partial charge in [0.25, 0.3) is 0 Å². The zero-order chi connectivity index (χ0) is 9.10. The summed E-state index contributed by atoms with van der Waals surface area (Å²) < 4.78 is 0. The van der Waals surface area contributed by atoms with Crippen LogP contribution in [0.15, 0.2) is 18.5 Å². The Morgan fingerprint density at radius 2 is 2.23 bits per heavy atom. The zero-order valence-electron chi connectivity index (χ0n) is 7.10. The Labute approximate surface area is 75.8 Å². The molecule has 0 radical (unpaired) electrons. The van der Waals surface area contributed by atoms with Gasteiger partial charge in [0, 0.05) is 25.5 Å². The Morgan fingerprint density at radius 1 is 1.46 bits per heavy atom. The summed E-state index contributed by atoms with van der Waals surface area (Å²) in [4.78, 5) is 20.9. The second-order valence-electron chi connectivity index (χ2n) is 2.82. The Hall–Kier alpha value is -1.65. The molecule has 0 aromatic carbocycles. The van der Waals surface area contributed by atoms with Crippen LogP contribution in [0.4, 0.5) is 4.79 Å². The van der Waals surface area contributed by atoms with E-state index in [4.69, 9.17) is 0 Å². The molecule has 1 aliphatic rings. The van der Waals surface area contributed by atoms with Crippen molar-refractivity contribution in [2.75, 3.05) is 13.1 Å². The second kappa shape index (κ2) is 3.38. The lowest BCUT2D eigenvalue weighted by atomic mass is 10.5. The number of aromatic nitrogens is 2. The van der Waals surface area contributed by atoms with Crippen LogP contribution in [0.2, 0.25) is 0 Å². The monoisotopic (exact) mass is 178 g/mol. The molecule has 0 bridgehead atoms. The molecule has 5 heteroatoms. The van der Waals surface area contributed by atoms with E-state index in [0.717, 1.165) is 6.54 Å². The van der Waals surface area contributed by atoms with E-state index in [1.165, 1.54) is 0 Å². The second-order valence-corrected chi connectivity index (χ2v) is 2.82. The average Bonchev–Trinajstić information content (AvgIpc) is 2.54. The minimum absolute atomic E-state index is 0.0348. The summed E-state index contributed by atoms with van der Waals surface area (Å²) in [6.07, 6.45) is 3.35. The van der Waals surface area contributed by atoms with Crippen LogP contribution in [-0.4, -0.2) is 34.0 Å². The third kappa shape index (κ3) is 1.74. The van der Waals surface area contributed by atoms with Gasteiger partial charge in [-0.05, 0) is 6.07 Å². The van der Waals surface area contributed by atoms with E-state index in [0.29, 0.717) is 18.9 Å². The minimum atomic E-state index is -0.0348. The summed E-state index contributed by atoms with van der Waals surface area (Å²) in [6.45, 7) is 1.94. The van der Waals surface area contributed by atoms with Gasteiger partial charge in [-0.2, -0.15) is 0 Å². The molecule has 0 atom stereocenters. The van der Waals surface area contributed by atoms with Crippen molar-refractivity contribution in [3.63, 3.8) is 0 Å². The maximum absolute atomic E-state index is 11.1. The van der Waals surface area contributed by atoms with Crippen molar-refractivity contribution < 1.29 is 4.79 Å². The zero-order valence-corrected chi connectivity index (χ0v) is 7.10. The van der Waals surface area contributed by atoms with Crippen LogP contribution in [0.1, 0.15) is 5.82 Å². The molecular formula is C8H10N4O. The van der Waals surface area contributed by atoms with Gasteiger partial charge >= 0.3 is 6.03 Å². The van der Waals surface area contributed by atoms with Crippen LogP contribution in [0.25, 0.3) is 0 Å².